The lowest BCUT2D eigenvalue weighted by Crippen LogP contribution is -2.44. The first kappa shape index (κ1) is 24.0. The Morgan fingerprint density at radius 1 is 1.12 bits per heavy atom. The van der Waals surface area contributed by atoms with E-state index >= 15 is 0 Å². The van der Waals surface area contributed by atoms with E-state index in [1.165, 1.54) is 26.2 Å². The van der Waals surface area contributed by atoms with E-state index in [-0.39, 0.29) is 35.0 Å². The van der Waals surface area contributed by atoms with Crippen molar-refractivity contribution >= 4 is 5.91 Å². The highest BCUT2D eigenvalue weighted by atomic mass is 19.1. The monoisotopic (exact) mass is 453 g/mol. The maximum atomic E-state index is 15.0. The van der Waals surface area contributed by atoms with Crippen molar-refractivity contribution in [3.05, 3.63) is 86.4 Å². The van der Waals surface area contributed by atoms with Crippen molar-refractivity contribution in [1.29, 1.82) is 0 Å². The van der Waals surface area contributed by atoms with Crippen LogP contribution in [0.15, 0.2) is 58.1 Å². The lowest BCUT2D eigenvalue weighted by molar-refractivity contribution is -0.129. The van der Waals surface area contributed by atoms with Crippen LogP contribution in [0.4, 0.5) is 4.39 Å². The fourth-order valence-electron chi connectivity index (χ4n) is 3.50. The summed E-state index contributed by atoms with van der Waals surface area (Å²) < 4.78 is 21.0. The third kappa shape index (κ3) is 5.05. The molecule has 33 heavy (non-hydrogen) atoms. The Morgan fingerprint density at radius 2 is 1.79 bits per heavy atom. The summed E-state index contributed by atoms with van der Waals surface area (Å²) in [5.74, 6) is -0.935. The van der Waals surface area contributed by atoms with Crippen LogP contribution < -0.4 is 21.3 Å². The summed E-state index contributed by atoms with van der Waals surface area (Å²) in [5, 5.41) is 2.93. The van der Waals surface area contributed by atoms with Crippen LogP contribution in [0.1, 0.15) is 38.1 Å². The quantitative estimate of drug-likeness (QED) is 0.597. The van der Waals surface area contributed by atoms with Crippen molar-refractivity contribution in [3.8, 4) is 16.9 Å². The van der Waals surface area contributed by atoms with Gasteiger partial charge in [-0.05, 0) is 18.6 Å². The van der Waals surface area contributed by atoms with Crippen LogP contribution in [0.2, 0.25) is 0 Å². The molecule has 0 saturated carbocycles. The Labute approximate surface area is 191 Å². The second kappa shape index (κ2) is 9.44. The van der Waals surface area contributed by atoms with E-state index in [2.05, 4.69) is 10.3 Å². The van der Waals surface area contributed by atoms with Crippen LogP contribution in [0.5, 0.6) is 5.75 Å². The molecular formula is C25H28FN3O4. The average molecular weight is 454 g/mol. The molecule has 2 N–H and O–H groups in total. The predicted octanol–water partition coefficient (Wildman–Crippen LogP) is 3.56. The summed E-state index contributed by atoms with van der Waals surface area (Å²) in [6.45, 7) is 6.74. The number of methoxy groups -OCH3 is 1. The molecule has 0 aliphatic rings. The number of amides is 1. The first-order valence-electron chi connectivity index (χ1n) is 10.6. The summed E-state index contributed by atoms with van der Waals surface area (Å²) in [4.78, 5) is 41.6. The zero-order valence-electron chi connectivity index (χ0n) is 19.4. The normalized spacial score (nSPS) is 12.3. The molecule has 1 aromatic heterocycles. The summed E-state index contributed by atoms with van der Waals surface area (Å²) >= 11 is 0. The molecule has 0 spiro atoms. The topological polar surface area (TPSA) is 93.2 Å². The average Bonchev–Trinajstić information content (AvgIpc) is 2.76. The van der Waals surface area contributed by atoms with E-state index in [1.54, 1.807) is 26.8 Å². The third-order valence-corrected chi connectivity index (χ3v) is 5.38. The number of carbonyl (C=O) groups excluding carboxylic acids is 1. The van der Waals surface area contributed by atoms with Gasteiger partial charge in [0, 0.05) is 16.7 Å². The van der Waals surface area contributed by atoms with Crippen molar-refractivity contribution in [3.63, 3.8) is 0 Å². The Hall–Kier alpha value is -3.68. The SMILES string of the molecule is COc1cccc(-c2c(C)[nH]c(=O)n(CC(NC(=O)C(C)(C)C)c3ccccc3)c2=O)c1F. The lowest BCUT2D eigenvalue weighted by Gasteiger charge is -2.25. The minimum atomic E-state index is -0.695. The molecule has 0 fully saturated rings. The van der Waals surface area contributed by atoms with Crippen molar-refractivity contribution in [2.75, 3.05) is 7.11 Å². The molecule has 0 aliphatic carbocycles. The zero-order chi connectivity index (χ0) is 24.3. The number of H-pyrrole nitrogens is 1. The Kier molecular flexibility index (Phi) is 6.86. The second-order valence-corrected chi connectivity index (χ2v) is 8.85. The molecular weight excluding hydrogens is 425 g/mol. The van der Waals surface area contributed by atoms with Crippen LogP contribution in [-0.4, -0.2) is 22.6 Å². The van der Waals surface area contributed by atoms with Gasteiger partial charge in [0.2, 0.25) is 5.91 Å². The van der Waals surface area contributed by atoms with E-state index < -0.39 is 28.5 Å². The number of nitrogens with one attached hydrogen (secondary N) is 2. The summed E-state index contributed by atoms with van der Waals surface area (Å²) in [6, 6.07) is 12.9. The number of nitrogens with zero attached hydrogens (tertiary/aromatic N) is 1. The number of aryl methyl sites for hydroxylation is 1. The van der Waals surface area contributed by atoms with Gasteiger partial charge in [0.05, 0.1) is 25.3 Å². The number of benzene rings is 2. The number of aromatic amines is 1. The van der Waals surface area contributed by atoms with Crippen LogP contribution >= 0.6 is 0 Å². The van der Waals surface area contributed by atoms with E-state index in [9.17, 15) is 18.8 Å². The molecule has 1 amide bonds. The van der Waals surface area contributed by atoms with Gasteiger partial charge in [0.15, 0.2) is 11.6 Å². The molecule has 1 heterocycles. The Bertz CT molecular complexity index is 1270. The van der Waals surface area contributed by atoms with Crippen LogP contribution in [0.3, 0.4) is 0 Å². The highest BCUT2D eigenvalue weighted by molar-refractivity contribution is 5.81. The number of carbonyl (C=O) groups is 1. The van der Waals surface area contributed by atoms with Gasteiger partial charge < -0.3 is 15.0 Å². The predicted molar refractivity (Wildman–Crippen MR) is 125 cm³/mol. The fraction of sp³-hybridized carbons (Fsp3) is 0.320. The maximum absolute atomic E-state index is 15.0. The molecule has 1 atom stereocenters. The second-order valence-electron chi connectivity index (χ2n) is 8.85. The minimum absolute atomic E-state index is 0.0105. The van der Waals surface area contributed by atoms with Crippen molar-refractivity contribution < 1.29 is 13.9 Å². The molecule has 0 saturated heterocycles. The highest BCUT2D eigenvalue weighted by Gasteiger charge is 2.26. The molecule has 0 radical (unpaired) electrons. The van der Waals surface area contributed by atoms with E-state index in [0.717, 1.165) is 10.1 Å². The van der Waals surface area contributed by atoms with E-state index in [1.807, 2.05) is 30.3 Å². The van der Waals surface area contributed by atoms with E-state index in [4.69, 9.17) is 4.74 Å². The number of halogens is 1. The number of ether oxygens (including phenoxy) is 1. The largest absolute Gasteiger partial charge is 0.494 e. The van der Waals surface area contributed by atoms with Crippen molar-refractivity contribution in [1.82, 2.24) is 14.9 Å². The molecule has 1 unspecified atom stereocenters. The van der Waals surface area contributed by atoms with Gasteiger partial charge >= 0.3 is 5.69 Å². The Morgan fingerprint density at radius 3 is 2.39 bits per heavy atom. The van der Waals surface area contributed by atoms with Gasteiger partial charge in [-0.3, -0.25) is 14.2 Å². The van der Waals surface area contributed by atoms with Gasteiger partial charge in [-0.25, -0.2) is 9.18 Å². The first-order valence-corrected chi connectivity index (χ1v) is 10.6. The summed E-state index contributed by atoms with van der Waals surface area (Å²) in [6.07, 6.45) is 0. The molecule has 174 valence electrons. The van der Waals surface area contributed by atoms with Crippen LogP contribution in [0, 0.1) is 18.2 Å². The maximum Gasteiger partial charge on any atom is 0.328 e. The summed E-state index contributed by atoms with van der Waals surface area (Å²) in [5.41, 5.74) is -0.951. The van der Waals surface area contributed by atoms with Crippen LogP contribution in [0.25, 0.3) is 11.1 Å². The van der Waals surface area contributed by atoms with Gasteiger partial charge in [0.1, 0.15) is 0 Å². The van der Waals surface area contributed by atoms with Gasteiger partial charge in [0.25, 0.3) is 5.56 Å². The highest BCUT2D eigenvalue weighted by Crippen LogP contribution is 2.28. The Balaban J connectivity index is 2.13. The molecule has 2 aromatic carbocycles. The summed E-state index contributed by atoms with van der Waals surface area (Å²) in [7, 11) is 1.34. The number of hydrogen-bond donors (Lipinski definition) is 2. The van der Waals surface area contributed by atoms with Crippen molar-refractivity contribution in [2.45, 2.75) is 40.3 Å². The fourth-order valence-corrected chi connectivity index (χ4v) is 3.50. The third-order valence-electron chi connectivity index (χ3n) is 5.38. The molecule has 3 rings (SSSR count). The van der Waals surface area contributed by atoms with Gasteiger partial charge in [-0.1, -0.05) is 63.2 Å². The number of hydrogen-bond acceptors (Lipinski definition) is 4. The standard InChI is InChI=1S/C25H28FN3O4/c1-15-20(17-12-9-13-19(33-5)21(17)26)22(30)29(24(32)27-15)14-18(16-10-7-6-8-11-16)28-23(31)25(2,3)4/h6-13,18H,14H2,1-5H3,(H,27,32)(H,28,31). The minimum Gasteiger partial charge on any atom is -0.494 e. The lowest BCUT2D eigenvalue weighted by atomic mass is 9.94. The molecule has 0 aliphatic heterocycles. The van der Waals surface area contributed by atoms with Crippen molar-refractivity contribution in [2.24, 2.45) is 5.41 Å². The zero-order valence-corrected chi connectivity index (χ0v) is 19.4. The number of rotatable bonds is 6. The molecule has 3 aromatic rings. The number of aromatic nitrogens is 2. The van der Waals surface area contributed by atoms with E-state index in [0.29, 0.717) is 0 Å². The van der Waals surface area contributed by atoms with Gasteiger partial charge in [-0.15, -0.1) is 0 Å². The first-order chi connectivity index (χ1) is 15.5. The molecule has 0 bridgehead atoms. The van der Waals surface area contributed by atoms with Gasteiger partial charge in [-0.2, -0.15) is 0 Å². The molecule has 8 heteroatoms. The molecule has 7 nitrogen and oxygen atoms in total. The smallest absolute Gasteiger partial charge is 0.328 e. The van der Waals surface area contributed by atoms with Crippen LogP contribution in [-0.2, 0) is 11.3 Å².